The number of anilines is 1. The van der Waals surface area contributed by atoms with Crippen LogP contribution in [0.3, 0.4) is 0 Å². The Balaban J connectivity index is 1.97. The molecule has 160 valence electrons. The number of pyridine rings is 1. The van der Waals surface area contributed by atoms with Crippen molar-refractivity contribution < 1.29 is 18.0 Å². The van der Waals surface area contributed by atoms with E-state index in [1.54, 1.807) is 45.5 Å². The zero-order valence-corrected chi connectivity index (χ0v) is 16.9. The molecule has 4 aromatic rings. The molecule has 0 atom stereocenters. The molecule has 10 heteroatoms. The van der Waals surface area contributed by atoms with Crippen LogP contribution >= 0.6 is 0 Å². The highest BCUT2D eigenvalue weighted by molar-refractivity contribution is 6.05. The Hall–Kier alpha value is -3.82. The predicted octanol–water partition coefficient (Wildman–Crippen LogP) is 3.99. The Labute approximate surface area is 174 Å². The minimum Gasteiger partial charge on any atom is -0.331 e. The average Bonchev–Trinajstić information content (AvgIpc) is 3.10. The quantitative estimate of drug-likeness (QED) is 0.524. The van der Waals surface area contributed by atoms with E-state index in [0.29, 0.717) is 33.2 Å². The molecule has 0 bridgehead atoms. The lowest BCUT2D eigenvalue weighted by molar-refractivity contribution is -0.137. The Morgan fingerprint density at radius 1 is 1.06 bits per heavy atom. The van der Waals surface area contributed by atoms with Gasteiger partial charge in [0.1, 0.15) is 5.52 Å². The van der Waals surface area contributed by atoms with Crippen molar-refractivity contribution >= 4 is 33.5 Å². The summed E-state index contributed by atoms with van der Waals surface area (Å²) in [4.78, 5) is 26.6. The van der Waals surface area contributed by atoms with E-state index in [-0.39, 0.29) is 6.03 Å². The van der Waals surface area contributed by atoms with Crippen molar-refractivity contribution in [2.75, 3.05) is 19.4 Å². The summed E-state index contributed by atoms with van der Waals surface area (Å²) in [6.45, 7) is 0. The highest BCUT2D eigenvalue weighted by atomic mass is 19.4. The Bertz CT molecular complexity index is 1370. The van der Waals surface area contributed by atoms with E-state index in [1.165, 1.54) is 26.3 Å². The number of carbonyl (C=O) groups excluding carboxylic acids is 1. The first-order valence-corrected chi connectivity index (χ1v) is 9.24. The largest absolute Gasteiger partial charge is 0.416 e. The van der Waals surface area contributed by atoms with E-state index in [9.17, 15) is 22.8 Å². The number of rotatable bonds is 2. The number of amides is 2. The van der Waals surface area contributed by atoms with E-state index in [4.69, 9.17) is 0 Å². The van der Waals surface area contributed by atoms with Crippen molar-refractivity contribution in [1.82, 2.24) is 19.2 Å². The average molecular weight is 429 g/mol. The monoisotopic (exact) mass is 429 g/mol. The number of hydrogen-bond acceptors (Lipinski definition) is 3. The zero-order chi connectivity index (χ0) is 22.5. The van der Waals surface area contributed by atoms with Crippen molar-refractivity contribution in [2.45, 2.75) is 6.18 Å². The first-order chi connectivity index (χ1) is 14.6. The number of aromatic nitrogens is 3. The molecule has 31 heavy (non-hydrogen) atoms. The number of hydrogen-bond donors (Lipinski definition) is 1. The Morgan fingerprint density at radius 2 is 1.74 bits per heavy atom. The van der Waals surface area contributed by atoms with Crippen molar-refractivity contribution in [1.29, 1.82) is 0 Å². The van der Waals surface area contributed by atoms with Crippen LogP contribution in [-0.4, -0.2) is 39.4 Å². The molecule has 2 aromatic heterocycles. The normalized spacial score (nSPS) is 11.8. The van der Waals surface area contributed by atoms with E-state index in [0.717, 1.165) is 12.1 Å². The van der Waals surface area contributed by atoms with Gasteiger partial charge in [0.2, 0.25) is 0 Å². The van der Waals surface area contributed by atoms with Crippen LogP contribution < -0.4 is 10.9 Å². The van der Waals surface area contributed by atoms with E-state index >= 15 is 0 Å². The summed E-state index contributed by atoms with van der Waals surface area (Å²) in [5, 5.41) is 8.00. The first kappa shape index (κ1) is 20.5. The van der Waals surface area contributed by atoms with Crippen molar-refractivity contribution in [2.24, 2.45) is 7.05 Å². The number of benzene rings is 2. The van der Waals surface area contributed by atoms with Crippen LogP contribution in [0.15, 0.2) is 53.5 Å². The van der Waals surface area contributed by atoms with Gasteiger partial charge in [-0.25, -0.2) is 4.79 Å². The summed E-state index contributed by atoms with van der Waals surface area (Å²) in [6.07, 6.45) is -2.92. The molecular formula is C21H18F3N5O2. The molecule has 0 unspecified atom stereocenters. The summed E-state index contributed by atoms with van der Waals surface area (Å²) in [7, 11) is 4.89. The topological polar surface area (TPSA) is 72.2 Å². The lowest BCUT2D eigenvalue weighted by Crippen LogP contribution is -2.27. The molecule has 0 saturated heterocycles. The SMILES string of the molecule is CN(C)C(=O)Nc1ccc2c(c1)c1nn(C)cc1c(=O)n2-c1ccc(C(F)(F)F)cc1. The van der Waals surface area contributed by atoms with Crippen LogP contribution in [0.4, 0.5) is 23.7 Å². The molecule has 1 N–H and O–H groups in total. The van der Waals surface area contributed by atoms with Crippen LogP contribution in [-0.2, 0) is 13.2 Å². The molecule has 0 fully saturated rings. The van der Waals surface area contributed by atoms with Gasteiger partial charge in [-0.3, -0.25) is 14.0 Å². The van der Waals surface area contributed by atoms with E-state index in [1.807, 2.05) is 0 Å². The molecule has 0 radical (unpaired) electrons. The van der Waals surface area contributed by atoms with Crippen LogP contribution in [0.5, 0.6) is 0 Å². The fourth-order valence-corrected chi connectivity index (χ4v) is 3.36. The summed E-state index contributed by atoms with van der Waals surface area (Å²) >= 11 is 0. The minimum atomic E-state index is -4.47. The van der Waals surface area contributed by atoms with Gasteiger partial charge in [0.15, 0.2) is 0 Å². The number of aryl methyl sites for hydroxylation is 1. The second kappa shape index (κ2) is 7.15. The van der Waals surface area contributed by atoms with Gasteiger partial charge < -0.3 is 10.2 Å². The number of nitrogens with zero attached hydrogens (tertiary/aromatic N) is 4. The van der Waals surface area contributed by atoms with Gasteiger partial charge in [-0.2, -0.15) is 18.3 Å². The Morgan fingerprint density at radius 3 is 2.35 bits per heavy atom. The summed E-state index contributed by atoms with van der Waals surface area (Å²) < 4.78 is 41.7. The molecule has 2 heterocycles. The number of fused-ring (bicyclic) bond motifs is 3. The molecule has 2 amide bonds. The van der Waals surface area contributed by atoms with Gasteiger partial charge >= 0.3 is 12.2 Å². The summed E-state index contributed by atoms with van der Waals surface area (Å²) in [6, 6.07) is 9.01. The van der Waals surface area contributed by atoms with Gasteiger partial charge in [-0.15, -0.1) is 0 Å². The Kier molecular flexibility index (Phi) is 4.72. The van der Waals surface area contributed by atoms with Crippen molar-refractivity contribution in [3.8, 4) is 5.69 Å². The maximum absolute atomic E-state index is 13.2. The van der Waals surface area contributed by atoms with Crippen LogP contribution in [0.1, 0.15) is 5.56 Å². The number of halogens is 3. The second-order valence-corrected chi connectivity index (χ2v) is 7.31. The van der Waals surface area contributed by atoms with Gasteiger partial charge in [-0.05, 0) is 42.5 Å². The molecular weight excluding hydrogens is 411 g/mol. The fraction of sp³-hybridized carbons (Fsp3) is 0.190. The lowest BCUT2D eigenvalue weighted by Gasteiger charge is -2.15. The first-order valence-electron chi connectivity index (χ1n) is 9.24. The third-order valence-electron chi connectivity index (χ3n) is 4.87. The lowest BCUT2D eigenvalue weighted by atomic mass is 10.1. The van der Waals surface area contributed by atoms with Crippen molar-refractivity contribution in [3.63, 3.8) is 0 Å². The van der Waals surface area contributed by atoms with E-state index in [2.05, 4.69) is 10.4 Å². The van der Waals surface area contributed by atoms with E-state index < -0.39 is 17.3 Å². The second-order valence-electron chi connectivity index (χ2n) is 7.31. The number of urea groups is 1. The minimum absolute atomic E-state index is 0.291. The van der Waals surface area contributed by atoms with Gasteiger partial charge in [0.25, 0.3) is 5.56 Å². The molecule has 7 nitrogen and oxygen atoms in total. The molecule has 0 spiro atoms. The maximum Gasteiger partial charge on any atom is 0.416 e. The highest BCUT2D eigenvalue weighted by Gasteiger charge is 2.30. The van der Waals surface area contributed by atoms with Gasteiger partial charge in [0, 0.05) is 44.1 Å². The maximum atomic E-state index is 13.2. The fourth-order valence-electron chi connectivity index (χ4n) is 3.36. The number of nitrogens with one attached hydrogen (secondary N) is 1. The highest BCUT2D eigenvalue weighted by Crippen LogP contribution is 2.31. The third-order valence-corrected chi connectivity index (χ3v) is 4.87. The van der Waals surface area contributed by atoms with Gasteiger partial charge in [-0.1, -0.05) is 0 Å². The molecule has 2 aromatic carbocycles. The molecule has 0 aliphatic rings. The predicted molar refractivity (Wildman–Crippen MR) is 112 cm³/mol. The van der Waals surface area contributed by atoms with Crippen LogP contribution in [0.25, 0.3) is 27.5 Å². The van der Waals surface area contributed by atoms with Crippen molar-refractivity contribution in [3.05, 3.63) is 64.6 Å². The smallest absolute Gasteiger partial charge is 0.331 e. The molecule has 0 saturated carbocycles. The third kappa shape index (κ3) is 3.60. The summed E-state index contributed by atoms with van der Waals surface area (Å²) in [5.41, 5.74) is 0.477. The standard InChI is InChI=1S/C21H18F3N5O2/c1-27(2)20(31)25-13-6-9-17-15(10-13)18-16(11-28(3)26-18)19(30)29(17)14-7-4-12(5-8-14)21(22,23)24/h4-11H,1-3H3,(H,25,31). The molecule has 0 aliphatic carbocycles. The zero-order valence-electron chi connectivity index (χ0n) is 16.9. The number of alkyl halides is 3. The van der Waals surface area contributed by atoms with Crippen LogP contribution in [0, 0.1) is 0 Å². The van der Waals surface area contributed by atoms with Gasteiger partial charge in [0.05, 0.1) is 16.5 Å². The van der Waals surface area contributed by atoms with Crippen LogP contribution in [0.2, 0.25) is 0 Å². The number of carbonyl (C=O) groups is 1. The molecule has 0 aliphatic heterocycles. The molecule has 4 rings (SSSR count). The summed E-state index contributed by atoms with van der Waals surface area (Å²) in [5.74, 6) is 0.